The minimum Gasteiger partial charge on any atom is -0.391 e. The van der Waals surface area contributed by atoms with Crippen LogP contribution in [0.4, 0.5) is 5.82 Å². The minimum absolute atomic E-state index is 0.0681. The highest BCUT2D eigenvalue weighted by molar-refractivity contribution is 5.94. The van der Waals surface area contributed by atoms with E-state index in [9.17, 15) is 9.90 Å². The molecule has 6 heteroatoms. The SMILES string of the molecule is O=C(c1ccc(N2C[C@@H](Cc3ccncc3)[C@@H](O)C2)nc1)N1CCCC1. The van der Waals surface area contributed by atoms with Crippen LogP contribution in [0, 0.1) is 5.92 Å². The lowest BCUT2D eigenvalue weighted by Crippen LogP contribution is -2.28. The second kappa shape index (κ2) is 7.41. The Kier molecular flexibility index (Phi) is 4.84. The van der Waals surface area contributed by atoms with E-state index in [1.54, 1.807) is 18.6 Å². The number of aliphatic hydroxyl groups excluding tert-OH is 1. The molecule has 2 atom stereocenters. The van der Waals surface area contributed by atoms with Crippen LogP contribution in [-0.2, 0) is 6.42 Å². The molecule has 0 unspecified atom stereocenters. The lowest BCUT2D eigenvalue weighted by Gasteiger charge is -2.18. The summed E-state index contributed by atoms with van der Waals surface area (Å²) in [4.78, 5) is 24.9. The van der Waals surface area contributed by atoms with E-state index >= 15 is 0 Å². The summed E-state index contributed by atoms with van der Waals surface area (Å²) < 4.78 is 0. The van der Waals surface area contributed by atoms with E-state index in [4.69, 9.17) is 0 Å². The smallest absolute Gasteiger partial charge is 0.255 e. The third-order valence-electron chi connectivity index (χ3n) is 5.37. The van der Waals surface area contributed by atoms with Crippen molar-refractivity contribution < 1.29 is 9.90 Å². The first-order valence-corrected chi connectivity index (χ1v) is 9.28. The maximum absolute atomic E-state index is 12.4. The predicted octanol–water partition coefficient (Wildman–Crippen LogP) is 1.75. The summed E-state index contributed by atoms with van der Waals surface area (Å²) in [5, 5.41) is 10.4. The summed E-state index contributed by atoms with van der Waals surface area (Å²) in [7, 11) is 0. The molecule has 0 spiro atoms. The highest BCUT2D eigenvalue weighted by Gasteiger charge is 2.32. The number of carbonyl (C=O) groups excluding carboxylic acids is 1. The molecule has 1 N–H and O–H groups in total. The highest BCUT2D eigenvalue weighted by atomic mass is 16.3. The second-order valence-corrected chi connectivity index (χ2v) is 7.20. The molecule has 0 bridgehead atoms. The first-order valence-electron chi connectivity index (χ1n) is 9.28. The topological polar surface area (TPSA) is 69.6 Å². The van der Waals surface area contributed by atoms with Crippen molar-refractivity contribution in [2.75, 3.05) is 31.1 Å². The summed E-state index contributed by atoms with van der Waals surface area (Å²) >= 11 is 0. The van der Waals surface area contributed by atoms with Crippen LogP contribution in [0.5, 0.6) is 0 Å². The third-order valence-corrected chi connectivity index (χ3v) is 5.37. The minimum atomic E-state index is -0.379. The van der Waals surface area contributed by atoms with Crippen molar-refractivity contribution in [1.29, 1.82) is 0 Å². The Morgan fingerprint density at radius 2 is 1.88 bits per heavy atom. The fourth-order valence-corrected chi connectivity index (χ4v) is 3.87. The maximum atomic E-state index is 12.4. The standard InChI is InChI=1S/C20H24N4O2/c25-18-14-24(13-17(18)11-15-5-7-21-8-6-15)19-4-3-16(12-22-19)20(26)23-9-1-2-10-23/h3-8,12,17-18,25H,1-2,9-11,13-14H2/t17-,18+/m1/s1. The summed E-state index contributed by atoms with van der Waals surface area (Å²) in [6, 6.07) is 7.73. The van der Waals surface area contributed by atoms with Gasteiger partial charge in [0, 0.05) is 50.7 Å². The molecule has 2 saturated heterocycles. The van der Waals surface area contributed by atoms with Gasteiger partial charge in [-0.2, -0.15) is 0 Å². The zero-order chi connectivity index (χ0) is 17.9. The van der Waals surface area contributed by atoms with Crippen LogP contribution >= 0.6 is 0 Å². The lowest BCUT2D eigenvalue weighted by molar-refractivity contribution is 0.0792. The summed E-state index contributed by atoms with van der Waals surface area (Å²) in [6.45, 7) is 3.02. The molecule has 6 nitrogen and oxygen atoms in total. The number of β-amino-alcohol motifs (C(OH)–C–C–N with tert-alkyl or cyclic N) is 1. The molecular weight excluding hydrogens is 328 g/mol. The number of rotatable bonds is 4. The molecule has 2 aromatic rings. The molecule has 2 aliphatic rings. The largest absolute Gasteiger partial charge is 0.391 e. The Morgan fingerprint density at radius 1 is 1.12 bits per heavy atom. The molecule has 4 heterocycles. The van der Waals surface area contributed by atoms with Crippen LogP contribution in [0.1, 0.15) is 28.8 Å². The van der Waals surface area contributed by atoms with E-state index in [1.165, 1.54) is 5.56 Å². The number of hydrogen-bond donors (Lipinski definition) is 1. The van der Waals surface area contributed by atoms with Gasteiger partial charge in [0.1, 0.15) is 5.82 Å². The number of hydrogen-bond acceptors (Lipinski definition) is 5. The quantitative estimate of drug-likeness (QED) is 0.908. The van der Waals surface area contributed by atoms with E-state index in [2.05, 4.69) is 14.9 Å². The molecule has 0 aromatic carbocycles. The molecule has 0 radical (unpaired) electrons. The van der Waals surface area contributed by atoms with Gasteiger partial charge in [0.2, 0.25) is 0 Å². The zero-order valence-corrected chi connectivity index (χ0v) is 14.8. The van der Waals surface area contributed by atoms with Crippen molar-refractivity contribution in [3.8, 4) is 0 Å². The Labute approximate surface area is 153 Å². The third kappa shape index (κ3) is 3.55. The summed E-state index contributed by atoms with van der Waals surface area (Å²) in [6.07, 6.45) is 7.85. The van der Waals surface area contributed by atoms with Gasteiger partial charge < -0.3 is 14.9 Å². The van der Waals surface area contributed by atoms with Gasteiger partial charge in [-0.25, -0.2) is 4.98 Å². The molecule has 2 fully saturated rings. The van der Waals surface area contributed by atoms with Crippen LogP contribution in [0.3, 0.4) is 0 Å². The highest BCUT2D eigenvalue weighted by Crippen LogP contribution is 2.25. The molecular formula is C20H24N4O2. The van der Waals surface area contributed by atoms with E-state index in [1.807, 2.05) is 29.2 Å². The number of pyridine rings is 2. The average molecular weight is 352 g/mol. The Hall–Kier alpha value is -2.47. The van der Waals surface area contributed by atoms with Crippen LogP contribution in [0.15, 0.2) is 42.9 Å². The first kappa shape index (κ1) is 17.0. The van der Waals surface area contributed by atoms with Crippen molar-refractivity contribution in [2.45, 2.75) is 25.4 Å². The maximum Gasteiger partial charge on any atom is 0.255 e. The average Bonchev–Trinajstić information content (AvgIpc) is 3.33. The van der Waals surface area contributed by atoms with Crippen LogP contribution in [-0.4, -0.2) is 58.2 Å². The van der Waals surface area contributed by atoms with Gasteiger partial charge in [0.15, 0.2) is 0 Å². The molecule has 26 heavy (non-hydrogen) atoms. The number of nitrogens with zero attached hydrogens (tertiary/aromatic N) is 4. The van der Waals surface area contributed by atoms with Gasteiger partial charge in [0.25, 0.3) is 5.91 Å². The molecule has 1 amide bonds. The number of carbonyl (C=O) groups is 1. The van der Waals surface area contributed by atoms with Gasteiger partial charge in [-0.05, 0) is 49.1 Å². The molecule has 4 rings (SSSR count). The van der Waals surface area contributed by atoms with Gasteiger partial charge in [-0.3, -0.25) is 9.78 Å². The summed E-state index contributed by atoms with van der Waals surface area (Å²) in [5.74, 6) is 1.06. The number of aromatic nitrogens is 2. The van der Waals surface area contributed by atoms with E-state index < -0.39 is 0 Å². The van der Waals surface area contributed by atoms with Gasteiger partial charge in [0.05, 0.1) is 11.7 Å². The molecule has 0 saturated carbocycles. The molecule has 2 aliphatic heterocycles. The molecule has 2 aromatic heterocycles. The van der Waals surface area contributed by atoms with Crippen molar-refractivity contribution >= 4 is 11.7 Å². The van der Waals surface area contributed by atoms with Crippen molar-refractivity contribution in [2.24, 2.45) is 5.92 Å². The van der Waals surface area contributed by atoms with Crippen molar-refractivity contribution in [3.63, 3.8) is 0 Å². The number of amides is 1. The van der Waals surface area contributed by atoms with Crippen molar-refractivity contribution in [3.05, 3.63) is 54.0 Å². The number of aliphatic hydroxyl groups is 1. The zero-order valence-electron chi connectivity index (χ0n) is 14.8. The Morgan fingerprint density at radius 3 is 2.58 bits per heavy atom. The second-order valence-electron chi connectivity index (χ2n) is 7.20. The van der Waals surface area contributed by atoms with E-state index in [-0.39, 0.29) is 17.9 Å². The fourth-order valence-electron chi connectivity index (χ4n) is 3.87. The molecule has 0 aliphatic carbocycles. The first-order chi connectivity index (χ1) is 12.7. The fraction of sp³-hybridized carbons (Fsp3) is 0.450. The van der Waals surface area contributed by atoms with E-state index in [0.29, 0.717) is 12.1 Å². The summed E-state index contributed by atoms with van der Waals surface area (Å²) in [5.41, 5.74) is 1.83. The van der Waals surface area contributed by atoms with E-state index in [0.717, 1.165) is 44.7 Å². The lowest BCUT2D eigenvalue weighted by atomic mass is 9.97. The van der Waals surface area contributed by atoms with Gasteiger partial charge in [-0.15, -0.1) is 0 Å². The van der Waals surface area contributed by atoms with Gasteiger partial charge >= 0.3 is 0 Å². The number of likely N-dealkylation sites (tertiary alicyclic amines) is 1. The normalized spacial score (nSPS) is 22.8. The van der Waals surface area contributed by atoms with Crippen LogP contribution in [0.2, 0.25) is 0 Å². The van der Waals surface area contributed by atoms with Crippen LogP contribution in [0.25, 0.3) is 0 Å². The monoisotopic (exact) mass is 352 g/mol. The van der Waals surface area contributed by atoms with Gasteiger partial charge in [-0.1, -0.05) is 0 Å². The van der Waals surface area contributed by atoms with Crippen molar-refractivity contribution in [1.82, 2.24) is 14.9 Å². The molecule has 136 valence electrons. The number of anilines is 1. The Bertz CT molecular complexity index is 744. The van der Waals surface area contributed by atoms with Crippen LogP contribution < -0.4 is 4.90 Å². The predicted molar refractivity (Wildman–Crippen MR) is 99.0 cm³/mol. The Balaban J connectivity index is 1.40.